The molecule has 3 aromatic carbocycles. The van der Waals surface area contributed by atoms with Gasteiger partial charge in [0.1, 0.15) is 6.61 Å². The minimum atomic E-state index is -2.64. The molecule has 2 saturated carbocycles. The number of carbonyl (C=O) groups is 1. The van der Waals surface area contributed by atoms with Gasteiger partial charge in [0.15, 0.2) is 0 Å². The molecule has 4 fully saturated rings. The number of piperidine rings is 2. The van der Waals surface area contributed by atoms with Crippen molar-refractivity contribution in [3.63, 3.8) is 0 Å². The summed E-state index contributed by atoms with van der Waals surface area (Å²) in [4.78, 5) is 14.7. The minimum absolute atomic E-state index is 0.0449. The Bertz CT molecular complexity index is 1480. The van der Waals surface area contributed by atoms with Crippen molar-refractivity contribution in [2.24, 2.45) is 11.8 Å². The molecule has 2 saturated heterocycles. The fourth-order valence-electron chi connectivity index (χ4n) is 8.93. The van der Waals surface area contributed by atoms with E-state index >= 15 is 0 Å². The fraction of sp³-hybridized carbons (Fsp3) is 0.568. The van der Waals surface area contributed by atoms with E-state index in [0.29, 0.717) is 31.7 Å². The summed E-state index contributed by atoms with van der Waals surface area (Å²) >= 11 is 0. The topological polar surface area (TPSA) is 41.6 Å². The van der Waals surface area contributed by atoms with Crippen LogP contribution in [0.15, 0.2) is 91.0 Å². The monoisotopic (exact) mass is 722 g/mol. The Kier molecular flexibility index (Phi) is 14.6. The molecule has 0 aromatic heterocycles. The molecule has 4 aliphatic rings. The van der Waals surface area contributed by atoms with Crippen molar-refractivity contribution in [1.82, 2.24) is 10.2 Å². The van der Waals surface area contributed by atoms with E-state index in [2.05, 4.69) is 41.7 Å². The normalized spacial score (nSPS) is 28.2. The second-order valence-electron chi connectivity index (χ2n) is 15.1. The lowest BCUT2D eigenvalue weighted by atomic mass is 9.74. The molecule has 8 heteroatoms. The van der Waals surface area contributed by atoms with Crippen LogP contribution in [-0.4, -0.2) is 48.0 Å². The van der Waals surface area contributed by atoms with Crippen LogP contribution >= 0.6 is 0 Å². The minimum Gasteiger partial charge on any atom is -0.445 e. The van der Waals surface area contributed by atoms with E-state index in [1.807, 2.05) is 68.4 Å². The maximum Gasteiger partial charge on any atom is 0.410 e. The molecule has 0 radical (unpaired) electrons. The molecule has 4 nitrogen and oxygen atoms in total. The number of nitrogens with zero attached hydrogens (tertiary/aromatic N) is 1. The molecule has 3 aromatic rings. The average Bonchev–Trinajstić information content (AvgIpc) is 3.18. The summed E-state index contributed by atoms with van der Waals surface area (Å²) in [6.45, 7) is 5.69. The first-order chi connectivity index (χ1) is 25.2. The van der Waals surface area contributed by atoms with Gasteiger partial charge in [-0.05, 0) is 98.3 Å². The molecule has 1 amide bonds. The Morgan fingerprint density at radius 2 is 1.23 bits per heavy atom. The van der Waals surface area contributed by atoms with Crippen molar-refractivity contribution in [2.75, 3.05) is 13.1 Å². The van der Waals surface area contributed by atoms with E-state index < -0.39 is 11.8 Å². The molecular formula is C44H58F4N2O2. The second-order valence-corrected chi connectivity index (χ2v) is 15.1. The number of hydrogen-bond acceptors (Lipinski definition) is 3. The van der Waals surface area contributed by atoms with Gasteiger partial charge in [-0.3, -0.25) is 0 Å². The highest BCUT2D eigenvalue weighted by Crippen LogP contribution is 2.44. The zero-order chi connectivity index (χ0) is 37.0. The van der Waals surface area contributed by atoms with Gasteiger partial charge >= 0.3 is 6.09 Å². The summed E-state index contributed by atoms with van der Waals surface area (Å²) in [5.41, 5.74) is 3.51. The SMILES string of the molecule is CC.FC1(F)CCC[C@@H]([C@@H]2CC(c3ccccc3)CCN2)C1.O=C(OCc1ccccc1)N1CC[C@@H](c2ccccc2)C[C@H]1[C@@H]1CCCC(F)(F)C1. The second kappa shape index (κ2) is 19.1. The van der Waals surface area contributed by atoms with Gasteiger partial charge in [-0.2, -0.15) is 0 Å². The maximum atomic E-state index is 14.2. The van der Waals surface area contributed by atoms with E-state index in [1.165, 1.54) is 11.1 Å². The van der Waals surface area contributed by atoms with E-state index in [4.69, 9.17) is 4.74 Å². The zero-order valence-corrected chi connectivity index (χ0v) is 31.0. The molecule has 2 aliphatic carbocycles. The van der Waals surface area contributed by atoms with Gasteiger partial charge in [0.05, 0.1) is 0 Å². The molecule has 52 heavy (non-hydrogen) atoms. The van der Waals surface area contributed by atoms with E-state index in [0.717, 1.165) is 44.2 Å². The zero-order valence-electron chi connectivity index (χ0n) is 31.0. The quantitative estimate of drug-likeness (QED) is 0.258. The first-order valence-electron chi connectivity index (χ1n) is 19.7. The van der Waals surface area contributed by atoms with Crippen LogP contribution in [0.3, 0.4) is 0 Å². The maximum absolute atomic E-state index is 14.2. The third-order valence-electron chi connectivity index (χ3n) is 11.5. The first kappa shape index (κ1) is 39.8. The number of likely N-dealkylation sites (tertiary alicyclic amines) is 1. The van der Waals surface area contributed by atoms with Gasteiger partial charge < -0.3 is 15.0 Å². The summed E-state index contributed by atoms with van der Waals surface area (Å²) in [5.74, 6) is -4.32. The van der Waals surface area contributed by atoms with E-state index in [9.17, 15) is 22.4 Å². The number of carbonyl (C=O) groups excluding carboxylic acids is 1. The van der Waals surface area contributed by atoms with Crippen molar-refractivity contribution in [1.29, 1.82) is 0 Å². The molecule has 6 atom stereocenters. The molecule has 2 heterocycles. The van der Waals surface area contributed by atoms with E-state index in [1.54, 1.807) is 4.90 Å². The number of nitrogens with one attached hydrogen (secondary N) is 1. The lowest BCUT2D eigenvalue weighted by Crippen LogP contribution is -2.51. The Morgan fingerprint density at radius 1 is 0.712 bits per heavy atom. The summed E-state index contributed by atoms with van der Waals surface area (Å²) < 4.78 is 61.2. The van der Waals surface area contributed by atoms with Crippen molar-refractivity contribution in [3.05, 3.63) is 108 Å². The molecule has 2 aliphatic heterocycles. The van der Waals surface area contributed by atoms with Crippen LogP contribution < -0.4 is 5.32 Å². The number of amides is 1. The molecule has 0 bridgehead atoms. The molecule has 284 valence electrons. The number of ether oxygens (including phenoxy) is 1. The van der Waals surface area contributed by atoms with Crippen LogP contribution in [-0.2, 0) is 11.3 Å². The van der Waals surface area contributed by atoms with Crippen LogP contribution in [0.5, 0.6) is 0 Å². The number of halogens is 4. The molecular weight excluding hydrogens is 664 g/mol. The Balaban J connectivity index is 0.000000206. The van der Waals surface area contributed by atoms with Crippen molar-refractivity contribution >= 4 is 6.09 Å². The van der Waals surface area contributed by atoms with Crippen molar-refractivity contribution < 1.29 is 27.1 Å². The van der Waals surface area contributed by atoms with Crippen LogP contribution in [0.2, 0.25) is 0 Å². The number of alkyl halides is 4. The number of hydrogen-bond donors (Lipinski definition) is 1. The third-order valence-corrected chi connectivity index (χ3v) is 11.5. The third kappa shape index (κ3) is 11.3. The van der Waals surface area contributed by atoms with Crippen molar-refractivity contribution in [2.45, 2.75) is 133 Å². The van der Waals surface area contributed by atoms with Gasteiger partial charge in [-0.15, -0.1) is 0 Å². The average molecular weight is 723 g/mol. The Morgan fingerprint density at radius 3 is 1.81 bits per heavy atom. The largest absolute Gasteiger partial charge is 0.445 e. The van der Waals surface area contributed by atoms with Gasteiger partial charge in [0.2, 0.25) is 11.8 Å². The van der Waals surface area contributed by atoms with E-state index in [-0.39, 0.29) is 68.2 Å². The van der Waals surface area contributed by atoms with Crippen LogP contribution in [0.1, 0.15) is 119 Å². The highest BCUT2D eigenvalue weighted by molar-refractivity contribution is 5.68. The molecule has 0 spiro atoms. The molecule has 7 rings (SSSR count). The summed E-state index contributed by atoms with van der Waals surface area (Å²) in [6, 6.07) is 30.3. The fourth-order valence-corrected chi connectivity index (χ4v) is 8.93. The van der Waals surface area contributed by atoms with Gasteiger partial charge in [0, 0.05) is 44.3 Å². The van der Waals surface area contributed by atoms with Gasteiger partial charge in [-0.25, -0.2) is 22.4 Å². The van der Waals surface area contributed by atoms with Crippen LogP contribution in [0.4, 0.5) is 22.4 Å². The summed E-state index contributed by atoms with van der Waals surface area (Å²) in [6.07, 6.45) is 6.12. The standard InChI is InChI=1S/C25H29F2NO2.C17H23F2N.C2H6/c26-25(27)14-7-12-22(17-25)23-16-21(20-10-5-2-6-11-20)13-15-28(23)24(29)30-18-19-8-3-1-4-9-19;18-17(19)9-4-7-15(12-17)16-11-14(8-10-20-16)13-5-2-1-3-6-13;1-2/h1-6,8-11,21-23H,7,12-18H2;1-3,5-6,14-16,20H,4,7-12H2;1-2H3/t21-,22-,23+;14?,15-,16+;/m11./s1. The number of rotatable bonds is 6. The van der Waals surface area contributed by atoms with Gasteiger partial charge in [-0.1, -0.05) is 105 Å². The lowest BCUT2D eigenvalue weighted by molar-refractivity contribution is -0.0714. The first-order valence-corrected chi connectivity index (χ1v) is 19.7. The van der Waals surface area contributed by atoms with Crippen molar-refractivity contribution in [3.8, 4) is 0 Å². The molecule has 1 unspecified atom stereocenters. The van der Waals surface area contributed by atoms with Gasteiger partial charge in [0.25, 0.3) is 0 Å². The van der Waals surface area contributed by atoms with Crippen LogP contribution in [0, 0.1) is 11.8 Å². The predicted octanol–water partition coefficient (Wildman–Crippen LogP) is 11.8. The van der Waals surface area contributed by atoms with Crippen LogP contribution in [0.25, 0.3) is 0 Å². The smallest absolute Gasteiger partial charge is 0.410 e. The Labute approximate surface area is 308 Å². The molecule has 1 N–H and O–H groups in total. The summed E-state index contributed by atoms with van der Waals surface area (Å²) in [7, 11) is 0. The summed E-state index contributed by atoms with van der Waals surface area (Å²) in [5, 5.41) is 3.49. The Hall–Kier alpha value is -3.39. The lowest BCUT2D eigenvalue weighted by Gasteiger charge is -2.45. The predicted molar refractivity (Wildman–Crippen MR) is 201 cm³/mol. The number of benzene rings is 3. The highest BCUT2D eigenvalue weighted by atomic mass is 19.3. The highest BCUT2D eigenvalue weighted by Gasteiger charge is 2.45.